The Labute approximate surface area is 316 Å². The lowest BCUT2D eigenvalue weighted by atomic mass is 9.85. The Morgan fingerprint density at radius 2 is 1.83 bits per heavy atom. The highest BCUT2D eigenvalue weighted by molar-refractivity contribution is 7.91. The molecule has 1 aromatic heterocycles. The number of nitrogens with zero attached hydrogens (tertiary/aromatic N) is 5. The topological polar surface area (TPSA) is 204 Å². The van der Waals surface area contributed by atoms with Crippen LogP contribution in [0.4, 0.5) is 4.79 Å². The Kier molecular flexibility index (Phi) is 11.4. The van der Waals surface area contributed by atoms with Crippen LogP contribution in [0.1, 0.15) is 96.6 Å². The molecule has 3 heterocycles. The SMILES string of the molecule is C=C[C@@H]1C[C@]1(NC(=O)[C@@H]1C[C@@H]2CN1C(=O)[C@H](C(C)(C)C)NC(=O)OCCCCCCCCc1cc(OC)ccc1-c1nnn2n1)C(=O)NS(=O)(=O)C1CC1. The molecule has 2 aliphatic heterocycles. The molecule has 2 aromatic rings. The van der Waals surface area contributed by atoms with E-state index in [1.165, 1.54) is 15.8 Å². The second-order valence-corrected chi connectivity index (χ2v) is 17.9. The third-order valence-corrected chi connectivity index (χ3v) is 12.7. The van der Waals surface area contributed by atoms with Crippen LogP contribution < -0.4 is 20.1 Å². The molecule has 4 aliphatic rings. The monoisotopic (exact) mass is 768 g/mol. The minimum Gasteiger partial charge on any atom is -0.497 e. The molecule has 16 nitrogen and oxygen atoms in total. The van der Waals surface area contributed by atoms with E-state index >= 15 is 0 Å². The van der Waals surface area contributed by atoms with Crippen molar-refractivity contribution in [3.05, 3.63) is 36.4 Å². The van der Waals surface area contributed by atoms with Crippen molar-refractivity contribution in [2.24, 2.45) is 11.3 Å². The number of methoxy groups -OCH3 is 1. The first kappa shape index (κ1) is 39.2. The van der Waals surface area contributed by atoms with Gasteiger partial charge >= 0.3 is 6.09 Å². The van der Waals surface area contributed by atoms with Crippen LogP contribution in [0.25, 0.3) is 11.4 Å². The van der Waals surface area contributed by atoms with Gasteiger partial charge in [-0.15, -0.1) is 16.8 Å². The zero-order chi connectivity index (χ0) is 38.8. The lowest BCUT2D eigenvalue weighted by molar-refractivity contribution is -0.142. The zero-order valence-corrected chi connectivity index (χ0v) is 32.3. The highest BCUT2D eigenvalue weighted by atomic mass is 32.2. The van der Waals surface area contributed by atoms with Gasteiger partial charge in [-0.3, -0.25) is 19.1 Å². The number of hydrogen-bond acceptors (Lipinski definition) is 11. The number of tetrazole rings is 1. The Morgan fingerprint density at radius 1 is 1.11 bits per heavy atom. The van der Waals surface area contributed by atoms with Gasteiger partial charge in [0.05, 0.1) is 25.0 Å². The molecule has 5 atom stereocenters. The predicted octanol–water partition coefficient (Wildman–Crippen LogP) is 3.20. The lowest BCUT2D eigenvalue weighted by Crippen LogP contribution is -2.60. The summed E-state index contributed by atoms with van der Waals surface area (Å²) in [6, 6.07) is 2.90. The number of hydrogen-bond donors (Lipinski definition) is 3. The fraction of sp³-hybridized carbons (Fsp3) is 0.649. The number of nitrogens with one attached hydrogen (secondary N) is 3. The number of fused-ring (bicyclic) bond motifs is 7. The molecule has 3 N–H and O–H groups in total. The molecule has 2 aliphatic carbocycles. The van der Waals surface area contributed by atoms with Crippen molar-refractivity contribution in [3.63, 3.8) is 0 Å². The zero-order valence-electron chi connectivity index (χ0n) is 31.5. The van der Waals surface area contributed by atoms with Crippen LogP contribution in [-0.2, 0) is 35.6 Å². The maximum Gasteiger partial charge on any atom is 0.407 e. The van der Waals surface area contributed by atoms with Crippen LogP contribution in [0.3, 0.4) is 0 Å². The Bertz CT molecular complexity index is 1870. The number of carbonyl (C=O) groups is 4. The van der Waals surface area contributed by atoms with Crippen molar-refractivity contribution in [3.8, 4) is 17.1 Å². The number of aromatic nitrogens is 4. The van der Waals surface area contributed by atoms with Crippen molar-refractivity contribution in [2.45, 2.75) is 120 Å². The van der Waals surface area contributed by atoms with E-state index < -0.39 is 74.1 Å². The van der Waals surface area contributed by atoms with Crippen LogP contribution in [0.15, 0.2) is 30.9 Å². The molecule has 4 bridgehead atoms. The third kappa shape index (κ3) is 8.55. The van der Waals surface area contributed by atoms with Crippen LogP contribution in [0.5, 0.6) is 5.75 Å². The maximum absolute atomic E-state index is 14.5. The first-order valence-corrected chi connectivity index (χ1v) is 20.4. The minimum absolute atomic E-state index is 0.00829. The van der Waals surface area contributed by atoms with Gasteiger partial charge in [0.15, 0.2) is 0 Å². The minimum atomic E-state index is -3.90. The fourth-order valence-electron chi connectivity index (χ4n) is 7.37. The Morgan fingerprint density at radius 3 is 2.50 bits per heavy atom. The van der Waals surface area contributed by atoms with E-state index in [9.17, 15) is 27.6 Å². The number of carbonyl (C=O) groups excluding carboxylic acids is 4. The van der Waals surface area contributed by atoms with Gasteiger partial charge in [0, 0.05) is 24.4 Å². The average Bonchev–Trinajstić information content (AvgIpc) is 4.01. The second-order valence-electron chi connectivity index (χ2n) is 16.0. The molecule has 0 unspecified atom stereocenters. The van der Waals surface area contributed by atoms with Gasteiger partial charge in [0.1, 0.15) is 23.4 Å². The van der Waals surface area contributed by atoms with Gasteiger partial charge in [-0.05, 0) is 72.9 Å². The van der Waals surface area contributed by atoms with Crippen molar-refractivity contribution in [1.29, 1.82) is 0 Å². The number of amides is 4. The fourth-order valence-corrected chi connectivity index (χ4v) is 8.73. The molecular weight excluding hydrogens is 717 g/mol. The van der Waals surface area contributed by atoms with E-state index in [0.29, 0.717) is 30.8 Å². The molecular formula is C37H52N8O8S. The van der Waals surface area contributed by atoms with E-state index in [1.54, 1.807) is 27.9 Å². The molecule has 54 heavy (non-hydrogen) atoms. The molecule has 6 rings (SSSR count). The Balaban J connectivity index is 1.32. The standard InChI is InChI=1S/C37H52N8O8S/c1-6-24-21-37(24,34(48)42-54(50,51)27-15-16-27)39-32(46)29-20-25-22-44(29)33(47)30(36(2,3)4)38-35(49)53-18-12-10-8-7-9-11-13-23-19-26(52-5)14-17-28(23)31-40-43-45(25)41-31/h6,14,17,19,24-25,27,29-30H,1,7-13,15-16,18,20-22H2,2-5H3,(H,38,49)(H,39,46)(H,42,48)/t24-,25-,29+,30-,37-/m1/s1. The van der Waals surface area contributed by atoms with Crippen LogP contribution in [0.2, 0.25) is 0 Å². The molecule has 3 fully saturated rings. The molecule has 2 saturated carbocycles. The third-order valence-electron chi connectivity index (χ3n) is 10.9. The smallest absolute Gasteiger partial charge is 0.407 e. The van der Waals surface area contributed by atoms with Crippen LogP contribution in [0, 0.1) is 11.3 Å². The number of cyclic esters (lactones) is 1. The first-order valence-electron chi connectivity index (χ1n) is 18.9. The summed E-state index contributed by atoms with van der Waals surface area (Å²) in [4.78, 5) is 58.2. The largest absolute Gasteiger partial charge is 0.497 e. The summed E-state index contributed by atoms with van der Waals surface area (Å²) < 4.78 is 38.6. The van der Waals surface area contributed by atoms with Gasteiger partial charge in [-0.2, -0.15) is 4.80 Å². The van der Waals surface area contributed by atoms with Gasteiger partial charge < -0.3 is 25.0 Å². The van der Waals surface area contributed by atoms with E-state index in [4.69, 9.17) is 14.6 Å². The van der Waals surface area contributed by atoms with Gasteiger partial charge in [-0.1, -0.05) is 52.5 Å². The number of rotatable bonds is 7. The van der Waals surface area contributed by atoms with Crippen LogP contribution in [-0.4, -0.2) is 100 Å². The van der Waals surface area contributed by atoms with Crippen molar-refractivity contribution >= 4 is 33.8 Å². The highest BCUT2D eigenvalue weighted by Crippen LogP contribution is 2.46. The van der Waals surface area contributed by atoms with E-state index in [-0.39, 0.29) is 26.0 Å². The normalized spacial score (nSPS) is 27.0. The molecule has 1 aromatic carbocycles. The first-order chi connectivity index (χ1) is 25.7. The van der Waals surface area contributed by atoms with Gasteiger partial charge in [-0.25, -0.2) is 13.2 Å². The van der Waals surface area contributed by atoms with Crippen molar-refractivity contribution in [1.82, 2.24) is 40.5 Å². The molecule has 4 amide bonds. The number of alkyl carbamates (subject to hydrolysis) is 1. The highest BCUT2D eigenvalue weighted by Gasteiger charge is 2.62. The summed E-state index contributed by atoms with van der Waals surface area (Å²) in [5.41, 5.74) is -0.527. The summed E-state index contributed by atoms with van der Waals surface area (Å²) >= 11 is 0. The molecule has 0 spiro atoms. The van der Waals surface area contributed by atoms with Crippen molar-refractivity contribution < 1.29 is 37.1 Å². The predicted molar refractivity (Wildman–Crippen MR) is 197 cm³/mol. The van der Waals surface area contributed by atoms with E-state index in [0.717, 1.165) is 49.7 Å². The summed E-state index contributed by atoms with van der Waals surface area (Å²) in [6.45, 7) is 9.38. The number of ether oxygens (including phenoxy) is 2. The number of aryl methyl sites for hydroxylation is 1. The lowest BCUT2D eigenvalue weighted by Gasteiger charge is -2.35. The average molecular weight is 769 g/mol. The summed E-state index contributed by atoms with van der Waals surface area (Å²) in [5, 5.41) is 18.4. The molecule has 17 heteroatoms. The molecule has 294 valence electrons. The number of benzene rings is 1. The molecule has 0 radical (unpaired) electrons. The van der Waals surface area contributed by atoms with Gasteiger partial charge in [0.25, 0.3) is 5.91 Å². The van der Waals surface area contributed by atoms with Crippen LogP contribution >= 0.6 is 0 Å². The summed E-state index contributed by atoms with van der Waals surface area (Å²) in [5.74, 6) is -1.44. The Hall–Kier alpha value is -4.54. The van der Waals surface area contributed by atoms with Crippen molar-refractivity contribution in [2.75, 3.05) is 20.3 Å². The summed E-state index contributed by atoms with van der Waals surface area (Å²) in [6.07, 6.45) is 8.21. The quantitative estimate of drug-likeness (QED) is 0.349. The second kappa shape index (κ2) is 15.7. The summed E-state index contributed by atoms with van der Waals surface area (Å²) in [7, 11) is -2.28. The van der Waals surface area contributed by atoms with E-state index in [1.807, 2.05) is 18.2 Å². The van der Waals surface area contributed by atoms with Gasteiger partial charge in [0.2, 0.25) is 27.7 Å². The maximum atomic E-state index is 14.5. The molecule has 1 saturated heterocycles. The number of sulfonamides is 1. The van der Waals surface area contributed by atoms with E-state index in [2.05, 4.69) is 32.2 Å².